The van der Waals surface area contributed by atoms with Crippen molar-refractivity contribution in [3.05, 3.63) is 30.3 Å². The van der Waals surface area contributed by atoms with E-state index in [0.717, 1.165) is 31.4 Å². The summed E-state index contributed by atoms with van der Waals surface area (Å²) in [4.78, 5) is 24.3. The Bertz CT molecular complexity index is 561. The number of hydrogen-bond acceptors (Lipinski definition) is 3. The summed E-state index contributed by atoms with van der Waals surface area (Å²) in [6.45, 7) is 0.384. The number of amides is 2. The van der Waals surface area contributed by atoms with E-state index >= 15 is 0 Å². The summed E-state index contributed by atoms with van der Waals surface area (Å²) in [6, 6.07) is 9.63. The largest absolute Gasteiger partial charge is 0.355 e. The fourth-order valence-electron chi connectivity index (χ4n) is 4.19. The molecule has 2 unspecified atom stereocenters. The number of rotatable bonds is 5. The minimum atomic E-state index is -0.0796. The highest BCUT2D eigenvalue weighted by atomic mass is 16.2. The molecular formula is C19H27N3O2. The second-order valence-corrected chi connectivity index (χ2v) is 7.15. The van der Waals surface area contributed by atoms with Gasteiger partial charge in [0.2, 0.25) is 11.8 Å². The summed E-state index contributed by atoms with van der Waals surface area (Å²) in [6.07, 6.45) is 5.65. The summed E-state index contributed by atoms with van der Waals surface area (Å²) < 4.78 is 0. The van der Waals surface area contributed by atoms with Gasteiger partial charge in [-0.25, -0.2) is 0 Å². The number of fused-ring (bicyclic) bond motifs is 2. The van der Waals surface area contributed by atoms with Gasteiger partial charge in [0, 0.05) is 30.6 Å². The average Bonchev–Trinajstić information content (AvgIpc) is 2.55. The molecule has 0 aromatic heterocycles. The van der Waals surface area contributed by atoms with Crippen LogP contribution in [0.25, 0.3) is 0 Å². The molecule has 24 heavy (non-hydrogen) atoms. The van der Waals surface area contributed by atoms with Crippen LogP contribution < -0.4 is 16.4 Å². The summed E-state index contributed by atoms with van der Waals surface area (Å²) in [5, 5.41) is 5.76. The molecule has 3 rings (SSSR count). The van der Waals surface area contributed by atoms with Crippen molar-refractivity contribution in [3.63, 3.8) is 0 Å². The van der Waals surface area contributed by atoms with Crippen molar-refractivity contribution in [1.29, 1.82) is 0 Å². The number of carbonyl (C=O) groups excluding carboxylic acids is 2. The highest BCUT2D eigenvalue weighted by molar-refractivity contribution is 5.91. The van der Waals surface area contributed by atoms with Gasteiger partial charge in [-0.1, -0.05) is 24.6 Å². The van der Waals surface area contributed by atoms with E-state index in [2.05, 4.69) is 10.6 Å². The molecule has 1 aromatic rings. The highest BCUT2D eigenvalue weighted by Crippen LogP contribution is 2.41. The van der Waals surface area contributed by atoms with E-state index in [1.807, 2.05) is 30.3 Å². The summed E-state index contributed by atoms with van der Waals surface area (Å²) in [5.74, 6) is 1.07. The molecule has 2 saturated carbocycles. The third-order valence-electron chi connectivity index (χ3n) is 5.49. The third kappa shape index (κ3) is 4.15. The first kappa shape index (κ1) is 17.0. The Kier molecular flexibility index (Phi) is 5.51. The zero-order valence-electron chi connectivity index (χ0n) is 14.0. The lowest BCUT2D eigenvalue weighted by atomic mass is 9.65. The highest BCUT2D eigenvalue weighted by Gasteiger charge is 2.40. The van der Waals surface area contributed by atoms with Crippen LogP contribution in [0.5, 0.6) is 0 Å². The SMILES string of the molecule is NC1C2CCCC1CC(C(=O)NCCC(=O)Nc1ccccc1)C2. The number of nitrogens with two attached hydrogens (primary N) is 1. The number of anilines is 1. The van der Waals surface area contributed by atoms with Gasteiger partial charge in [-0.15, -0.1) is 0 Å². The maximum absolute atomic E-state index is 12.4. The molecule has 5 heteroatoms. The van der Waals surface area contributed by atoms with Gasteiger partial charge >= 0.3 is 0 Å². The Labute approximate surface area is 143 Å². The molecule has 2 fully saturated rings. The standard InChI is InChI=1S/C19H27N3O2/c20-18-13-5-4-6-14(18)12-15(11-13)19(24)21-10-9-17(23)22-16-7-2-1-3-8-16/h1-3,7-8,13-15,18H,4-6,9-12,20H2,(H,21,24)(H,22,23). The van der Waals surface area contributed by atoms with Crippen molar-refractivity contribution < 1.29 is 9.59 Å². The summed E-state index contributed by atoms with van der Waals surface area (Å²) in [7, 11) is 0. The first-order valence-corrected chi connectivity index (χ1v) is 9.01. The number of para-hydroxylation sites is 1. The molecule has 2 aliphatic carbocycles. The van der Waals surface area contributed by atoms with Gasteiger partial charge < -0.3 is 16.4 Å². The minimum absolute atomic E-state index is 0.0669. The van der Waals surface area contributed by atoms with Gasteiger partial charge in [0.15, 0.2) is 0 Å². The second kappa shape index (κ2) is 7.79. The van der Waals surface area contributed by atoms with E-state index in [9.17, 15) is 9.59 Å². The molecule has 0 spiro atoms. The van der Waals surface area contributed by atoms with E-state index in [1.165, 1.54) is 6.42 Å². The first-order chi connectivity index (χ1) is 11.6. The molecule has 2 bridgehead atoms. The van der Waals surface area contributed by atoms with Crippen molar-refractivity contribution in [2.45, 2.75) is 44.6 Å². The molecule has 4 N–H and O–H groups in total. The van der Waals surface area contributed by atoms with Crippen LogP contribution in [0.2, 0.25) is 0 Å². The van der Waals surface area contributed by atoms with Crippen molar-refractivity contribution in [3.8, 4) is 0 Å². The third-order valence-corrected chi connectivity index (χ3v) is 5.49. The van der Waals surface area contributed by atoms with Crippen LogP contribution in [0.3, 0.4) is 0 Å². The molecule has 0 aliphatic heterocycles. The van der Waals surface area contributed by atoms with E-state index in [-0.39, 0.29) is 23.8 Å². The Morgan fingerprint density at radius 2 is 1.75 bits per heavy atom. The zero-order chi connectivity index (χ0) is 16.9. The van der Waals surface area contributed by atoms with Crippen molar-refractivity contribution in [2.75, 3.05) is 11.9 Å². The topological polar surface area (TPSA) is 84.2 Å². The van der Waals surface area contributed by atoms with Crippen molar-refractivity contribution in [1.82, 2.24) is 5.32 Å². The number of nitrogens with one attached hydrogen (secondary N) is 2. The van der Waals surface area contributed by atoms with E-state index in [0.29, 0.717) is 24.8 Å². The second-order valence-electron chi connectivity index (χ2n) is 7.15. The van der Waals surface area contributed by atoms with Gasteiger partial charge in [0.05, 0.1) is 0 Å². The van der Waals surface area contributed by atoms with Gasteiger partial charge in [-0.3, -0.25) is 9.59 Å². The smallest absolute Gasteiger partial charge is 0.226 e. The molecule has 0 heterocycles. The Morgan fingerprint density at radius 1 is 1.08 bits per heavy atom. The van der Waals surface area contributed by atoms with Gasteiger partial charge in [-0.2, -0.15) is 0 Å². The average molecular weight is 329 g/mol. The molecule has 5 nitrogen and oxygen atoms in total. The number of carbonyl (C=O) groups is 2. The van der Waals surface area contributed by atoms with Crippen LogP contribution in [-0.4, -0.2) is 24.4 Å². The van der Waals surface area contributed by atoms with Crippen LogP contribution in [0.1, 0.15) is 38.5 Å². The molecular weight excluding hydrogens is 302 g/mol. The molecule has 0 saturated heterocycles. The fraction of sp³-hybridized carbons (Fsp3) is 0.579. The van der Waals surface area contributed by atoms with Gasteiger partial charge in [0.1, 0.15) is 0 Å². The molecule has 0 radical (unpaired) electrons. The van der Waals surface area contributed by atoms with Crippen molar-refractivity contribution >= 4 is 17.5 Å². The number of benzene rings is 1. The maximum atomic E-state index is 12.4. The summed E-state index contributed by atoms with van der Waals surface area (Å²) in [5.41, 5.74) is 7.06. The molecule has 1 aromatic carbocycles. The van der Waals surface area contributed by atoms with Crippen LogP contribution >= 0.6 is 0 Å². The monoisotopic (exact) mass is 329 g/mol. The quantitative estimate of drug-likeness (QED) is 0.775. The Hall–Kier alpha value is -1.88. The molecule has 2 amide bonds. The summed E-state index contributed by atoms with van der Waals surface area (Å²) >= 11 is 0. The fourth-order valence-corrected chi connectivity index (χ4v) is 4.19. The van der Waals surface area contributed by atoms with E-state index < -0.39 is 0 Å². The van der Waals surface area contributed by atoms with Crippen LogP contribution in [-0.2, 0) is 9.59 Å². The Morgan fingerprint density at radius 3 is 2.42 bits per heavy atom. The van der Waals surface area contributed by atoms with Crippen LogP contribution in [0.15, 0.2) is 30.3 Å². The predicted octanol–water partition coefficient (Wildman–Crippen LogP) is 2.29. The molecule has 130 valence electrons. The Balaban J connectivity index is 1.40. The van der Waals surface area contributed by atoms with E-state index in [4.69, 9.17) is 5.73 Å². The van der Waals surface area contributed by atoms with Crippen LogP contribution in [0.4, 0.5) is 5.69 Å². The van der Waals surface area contributed by atoms with Gasteiger partial charge in [-0.05, 0) is 49.7 Å². The molecule has 2 atom stereocenters. The lowest BCUT2D eigenvalue weighted by Gasteiger charge is -2.43. The van der Waals surface area contributed by atoms with Crippen LogP contribution in [0, 0.1) is 17.8 Å². The van der Waals surface area contributed by atoms with E-state index in [1.54, 1.807) is 0 Å². The minimum Gasteiger partial charge on any atom is -0.355 e. The maximum Gasteiger partial charge on any atom is 0.226 e. The zero-order valence-corrected chi connectivity index (χ0v) is 14.0. The lowest BCUT2D eigenvalue weighted by molar-refractivity contribution is -0.128. The molecule has 2 aliphatic rings. The van der Waals surface area contributed by atoms with Crippen molar-refractivity contribution in [2.24, 2.45) is 23.5 Å². The lowest BCUT2D eigenvalue weighted by Crippen LogP contribution is -2.49. The number of hydrogen-bond donors (Lipinski definition) is 3. The normalized spacial score (nSPS) is 28.9. The predicted molar refractivity (Wildman–Crippen MR) is 94.2 cm³/mol. The van der Waals surface area contributed by atoms with Gasteiger partial charge in [0.25, 0.3) is 0 Å². The first-order valence-electron chi connectivity index (χ1n) is 9.01.